The predicted molar refractivity (Wildman–Crippen MR) is 135 cm³/mol. The van der Waals surface area contributed by atoms with Gasteiger partial charge in [0, 0.05) is 42.2 Å². The maximum atomic E-state index is 12.8. The first-order valence-electron chi connectivity index (χ1n) is 12.0. The number of amides is 1. The fraction of sp³-hybridized carbons (Fsp3) is 0.462. The molecule has 5 rings (SSSR count). The number of nitrogens with one attached hydrogen (secondary N) is 1. The summed E-state index contributed by atoms with van der Waals surface area (Å²) in [6.45, 7) is 1.63. The van der Waals surface area contributed by atoms with Crippen LogP contribution in [-0.2, 0) is 4.79 Å². The lowest BCUT2D eigenvalue weighted by Crippen LogP contribution is -2.45. The average molecular weight is 502 g/mol. The number of halogens is 2. The van der Waals surface area contributed by atoms with E-state index in [0.29, 0.717) is 46.2 Å². The second-order valence-corrected chi connectivity index (χ2v) is 10.3. The summed E-state index contributed by atoms with van der Waals surface area (Å²) in [6, 6.07) is 12.0. The number of carbonyl (C=O) groups is 1. The van der Waals surface area contributed by atoms with Crippen LogP contribution in [-0.4, -0.2) is 41.7 Å². The third kappa shape index (κ3) is 5.04. The summed E-state index contributed by atoms with van der Waals surface area (Å²) < 4.78 is 6.10. The first-order chi connectivity index (χ1) is 16.5. The van der Waals surface area contributed by atoms with E-state index in [1.54, 1.807) is 0 Å². The number of hydrogen-bond acceptors (Lipinski definition) is 5. The van der Waals surface area contributed by atoms with Crippen molar-refractivity contribution in [2.75, 3.05) is 24.6 Å². The van der Waals surface area contributed by atoms with E-state index in [1.165, 1.54) is 0 Å². The van der Waals surface area contributed by atoms with Gasteiger partial charge in [-0.1, -0.05) is 41.8 Å². The molecule has 6 nitrogen and oxygen atoms in total. The van der Waals surface area contributed by atoms with E-state index in [9.17, 15) is 9.90 Å². The van der Waals surface area contributed by atoms with Crippen LogP contribution in [0.25, 0.3) is 22.2 Å². The van der Waals surface area contributed by atoms with E-state index in [2.05, 4.69) is 15.2 Å². The van der Waals surface area contributed by atoms with E-state index >= 15 is 0 Å². The van der Waals surface area contributed by atoms with E-state index in [4.69, 9.17) is 27.6 Å². The lowest BCUT2D eigenvalue weighted by Gasteiger charge is -2.33. The molecule has 1 saturated carbocycles. The average Bonchev–Trinajstić information content (AvgIpc) is 3.26. The highest BCUT2D eigenvalue weighted by Crippen LogP contribution is 2.35. The number of fused-ring (bicyclic) bond motifs is 1. The maximum absolute atomic E-state index is 12.8. The van der Waals surface area contributed by atoms with Gasteiger partial charge in [0.2, 0.25) is 5.91 Å². The van der Waals surface area contributed by atoms with Crippen LogP contribution in [0.2, 0.25) is 10.0 Å². The summed E-state index contributed by atoms with van der Waals surface area (Å²) in [6.07, 6.45) is 5.52. The molecule has 0 bridgehead atoms. The van der Waals surface area contributed by atoms with Gasteiger partial charge in [-0.2, -0.15) is 4.98 Å². The summed E-state index contributed by atoms with van der Waals surface area (Å²) >= 11 is 12.7. The number of benzene rings is 2. The molecule has 8 heteroatoms. The normalized spacial score (nSPS) is 21.7. The Kier molecular flexibility index (Phi) is 7.00. The van der Waals surface area contributed by atoms with Crippen molar-refractivity contribution in [3.05, 3.63) is 46.4 Å². The Bertz CT molecular complexity index is 1170. The van der Waals surface area contributed by atoms with Crippen LogP contribution < -0.4 is 10.2 Å². The molecule has 2 aliphatic rings. The summed E-state index contributed by atoms with van der Waals surface area (Å²) in [5.74, 6) is 0.450. The van der Waals surface area contributed by atoms with Crippen LogP contribution >= 0.6 is 23.2 Å². The third-order valence-corrected chi connectivity index (χ3v) is 7.67. The number of aromatic nitrogens is 1. The minimum atomic E-state index is -0.000919. The largest absolute Gasteiger partial charge is 0.423 e. The number of aliphatic hydroxyl groups is 1. The highest BCUT2D eigenvalue weighted by Gasteiger charge is 2.30. The molecule has 3 aromatic rings. The molecule has 2 aromatic carbocycles. The lowest BCUT2D eigenvalue weighted by atomic mass is 9.85. The first kappa shape index (κ1) is 23.5. The Labute approximate surface area is 209 Å². The summed E-state index contributed by atoms with van der Waals surface area (Å²) in [5.41, 5.74) is 3.15. The van der Waals surface area contributed by atoms with Crippen LogP contribution in [0.15, 0.2) is 40.8 Å². The van der Waals surface area contributed by atoms with Gasteiger partial charge in [0.15, 0.2) is 5.58 Å². The number of rotatable bonds is 5. The Morgan fingerprint density at radius 3 is 2.74 bits per heavy atom. The fourth-order valence-electron chi connectivity index (χ4n) is 5.19. The van der Waals surface area contributed by atoms with Gasteiger partial charge in [0.1, 0.15) is 5.52 Å². The smallest absolute Gasteiger partial charge is 0.298 e. The van der Waals surface area contributed by atoms with Crippen LogP contribution in [0.5, 0.6) is 0 Å². The van der Waals surface area contributed by atoms with Crippen molar-refractivity contribution < 1.29 is 14.3 Å². The quantitative estimate of drug-likeness (QED) is 0.469. The van der Waals surface area contributed by atoms with Gasteiger partial charge in [-0.05, 0) is 67.9 Å². The molecule has 0 unspecified atom stereocenters. The van der Waals surface area contributed by atoms with E-state index in [1.807, 2.05) is 36.4 Å². The van der Waals surface area contributed by atoms with Crippen molar-refractivity contribution in [2.45, 2.75) is 44.6 Å². The molecule has 1 aliphatic heterocycles. The zero-order chi connectivity index (χ0) is 23.7. The van der Waals surface area contributed by atoms with Crippen LogP contribution in [0.1, 0.15) is 38.5 Å². The molecule has 34 heavy (non-hydrogen) atoms. The number of oxazole rings is 1. The highest BCUT2D eigenvalue weighted by molar-refractivity contribution is 6.34. The van der Waals surface area contributed by atoms with E-state index in [-0.39, 0.29) is 24.5 Å². The molecule has 1 aromatic heterocycles. The van der Waals surface area contributed by atoms with Crippen molar-refractivity contribution in [1.29, 1.82) is 0 Å². The molecule has 1 amide bonds. The Hall–Kier alpha value is -2.28. The monoisotopic (exact) mass is 501 g/mol. The summed E-state index contributed by atoms with van der Waals surface area (Å²) in [7, 11) is 0. The van der Waals surface area contributed by atoms with Crippen LogP contribution in [0.4, 0.5) is 6.01 Å². The number of anilines is 1. The van der Waals surface area contributed by atoms with Gasteiger partial charge in [0.25, 0.3) is 6.01 Å². The zero-order valence-electron chi connectivity index (χ0n) is 19.0. The van der Waals surface area contributed by atoms with Crippen molar-refractivity contribution >= 4 is 46.2 Å². The summed E-state index contributed by atoms with van der Waals surface area (Å²) in [5, 5.41) is 13.9. The molecule has 0 radical (unpaired) electrons. The topological polar surface area (TPSA) is 78.6 Å². The van der Waals surface area contributed by atoms with Gasteiger partial charge >= 0.3 is 0 Å². The van der Waals surface area contributed by atoms with Crippen LogP contribution in [0, 0.1) is 11.8 Å². The number of nitrogens with zero attached hydrogens (tertiary/aromatic N) is 2. The molecular weight excluding hydrogens is 473 g/mol. The molecule has 2 N–H and O–H groups in total. The first-order valence-corrected chi connectivity index (χ1v) is 12.8. The molecule has 2 heterocycles. The van der Waals surface area contributed by atoms with Gasteiger partial charge in [-0.3, -0.25) is 4.79 Å². The molecule has 180 valence electrons. The third-order valence-electron chi connectivity index (χ3n) is 7.13. The van der Waals surface area contributed by atoms with Gasteiger partial charge < -0.3 is 19.7 Å². The van der Waals surface area contributed by atoms with E-state index < -0.39 is 0 Å². The Morgan fingerprint density at radius 2 is 1.97 bits per heavy atom. The lowest BCUT2D eigenvalue weighted by molar-refractivity contribution is -0.126. The van der Waals surface area contributed by atoms with Crippen molar-refractivity contribution in [1.82, 2.24) is 10.3 Å². The van der Waals surface area contributed by atoms with Crippen LogP contribution in [0.3, 0.4) is 0 Å². The maximum Gasteiger partial charge on any atom is 0.298 e. The minimum absolute atomic E-state index is 0.000919. The molecule has 1 saturated heterocycles. The molecule has 2 atom stereocenters. The Morgan fingerprint density at radius 1 is 1.15 bits per heavy atom. The number of carbonyl (C=O) groups excluding carboxylic acids is 1. The van der Waals surface area contributed by atoms with E-state index in [0.717, 1.165) is 49.7 Å². The molecule has 1 aliphatic carbocycles. The SMILES string of the molecule is O=C(N[C@H]1CCC[C@H](CO)C1)C1CCN(c2nc3cc(Cl)c(-c4cccc(Cl)c4)cc3o2)CC1. The number of piperidine rings is 1. The number of hydrogen-bond donors (Lipinski definition) is 2. The van der Waals surface area contributed by atoms with Gasteiger partial charge in [-0.25, -0.2) is 0 Å². The Balaban J connectivity index is 1.23. The van der Waals surface area contributed by atoms with Gasteiger partial charge in [0.05, 0.1) is 5.02 Å². The molecule has 0 spiro atoms. The predicted octanol–water partition coefficient (Wildman–Crippen LogP) is 5.69. The van der Waals surface area contributed by atoms with Gasteiger partial charge in [-0.15, -0.1) is 0 Å². The fourth-order valence-corrected chi connectivity index (χ4v) is 5.65. The molecular formula is C26H29Cl2N3O3. The van der Waals surface area contributed by atoms with Crippen molar-refractivity contribution in [2.24, 2.45) is 11.8 Å². The number of aliphatic hydroxyl groups excluding tert-OH is 1. The molecule has 2 fully saturated rings. The second kappa shape index (κ2) is 10.1. The highest BCUT2D eigenvalue weighted by atomic mass is 35.5. The zero-order valence-corrected chi connectivity index (χ0v) is 20.5. The van der Waals surface area contributed by atoms with Crippen molar-refractivity contribution in [3.8, 4) is 11.1 Å². The van der Waals surface area contributed by atoms with Crippen molar-refractivity contribution in [3.63, 3.8) is 0 Å². The summed E-state index contributed by atoms with van der Waals surface area (Å²) in [4.78, 5) is 19.6. The standard InChI is InChI=1S/C26H29Cl2N3O3/c27-19-5-2-4-18(12-19)21-13-24-23(14-22(21)28)30-26(34-24)31-9-7-17(8-10-31)25(33)29-20-6-1-3-16(11-20)15-32/h2,4-5,12-14,16-17,20,32H,1,3,6-11,15H2,(H,29,33)/t16-,20-/m0/s1. The minimum Gasteiger partial charge on any atom is -0.423 e. The second-order valence-electron chi connectivity index (χ2n) is 9.49.